The molecule has 4 rings (SSSR count). The summed E-state index contributed by atoms with van der Waals surface area (Å²) >= 11 is 0. The van der Waals surface area contributed by atoms with Gasteiger partial charge in [0.05, 0.1) is 12.0 Å². The third-order valence-corrected chi connectivity index (χ3v) is 4.46. The van der Waals surface area contributed by atoms with E-state index >= 15 is 0 Å². The Hall–Kier alpha value is -4.52. The fraction of sp³-hybridized carbons (Fsp3) is 0.111. The summed E-state index contributed by atoms with van der Waals surface area (Å²) in [4.78, 5) is 35.6. The molecular weight excluding hydrogens is 432 g/mol. The van der Waals surface area contributed by atoms with Gasteiger partial charge in [0, 0.05) is 29.9 Å². The van der Waals surface area contributed by atoms with Crippen LogP contribution in [-0.4, -0.2) is 33.0 Å². The van der Waals surface area contributed by atoms with Gasteiger partial charge < -0.3 is 15.5 Å². The Kier molecular flexibility index (Phi) is 10.4. The number of rotatable bonds is 5. The lowest BCUT2D eigenvalue weighted by atomic mass is 10.1. The second-order valence-electron chi connectivity index (χ2n) is 7.07. The Morgan fingerprint density at radius 1 is 0.824 bits per heavy atom. The number of aromatic carboxylic acids is 1. The molecule has 3 aromatic carbocycles. The fourth-order valence-electron chi connectivity index (χ4n) is 2.76. The second kappa shape index (κ2) is 13.8. The smallest absolute Gasteiger partial charge is 0.335 e. The molecule has 0 spiro atoms. The average molecular weight is 459 g/mol. The van der Waals surface area contributed by atoms with E-state index in [4.69, 9.17) is 10.2 Å². The molecule has 1 aromatic heterocycles. The van der Waals surface area contributed by atoms with E-state index in [1.807, 2.05) is 49.4 Å². The second-order valence-corrected chi connectivity index (χ2v) is 7.07. The molecule has 0 aliphatic carbocycles. The van der Waals surface area contributed by atoms with Crippen LogP contribution in [0.4, 0.5) is 5.69 Å². The highest BCUT2D eigenvalue weighted by Crippen LogP contribution is 2.17. The van der Waals surface area contributed by atoms with Gasteiger partial charge in [-0.25, -0.2) is 4.79 Å². The van der Waals surface area contributed by atoms with Gasteiger partial charge in [-0.05, 0) is 41.3 Å². The maximum Gasteiger partial charge on any atom is 0.335 e. The van der Waals surface area contributed by atoms with Gasteiger partial charge in [0.1, 0.15) is 0 Å². The largest absolute Gasteiger partial charge is 0.481 e. The zero-order valence-electron chi connectivity index (χ0n) is 18.7. The predicted octanol–water partition coefficient (Wildman–Crippen LogP) is 5.28. The van der Waals surface area contributed by atoms with E-state index in [0.29, 0.717) is 12.0 Å². The Bertz CT molecular complexity index is 1210. The van der Waals surface area contributed by atoms with Gasteiger partial charge >= 0.3 is 11.9 Å². The molecule has 4 aromatic rings. The van der Waals surface area contributed by atoms with Crippen LogP contribution >= 0.6 is 0 Å². The van der Waals surface area contributed by atoms with Crippen LogP contribution in [0.2, 0.25) is 0 Å². The molecule has 1 amide bonds. The number of nitrogens with one attached hydrogen (secondary N) is 1. The lowest BCUT2D eigenvalue weighted by Gasteiger charge is -2.04. The Balaban J connectivity index is 0.000000189. The minimum Gasteiger partial charge on any atom is -0.481 e. The molecule has 3 N–H and O–H groups in total. The fourth-order valence-corrected chi connectivity index (χ4v) is 2.76. The number of carboxylic acids is 2. The molecule has 0 unspecified atom stereocenters. The number of carbonyl (C=O) groups is 3. The number of amides is 1. The molecule has 0 bridgehead atoms. The van der Waals surface area contributed by atoms with Gasteiger partial charge in [0.2, 0.25) is 5.91 Å². The molecule has 0 saturated heterocycles. The first-order valence-electron chi connectivity index (χ1n) is 10.6. The SMILES string of the molecule is CCC(=O)Nc1ccc2cnccc2c1.O=C(O)Cc1ccccc1.O=C(O)c1ccccc1. The van der Waals surface area contributed by atoms with Crippen LogP contribution in [0.15, 0.2) is 97.3 Å². The summed E-state index contributed by atoms with van der Waals surface area (Å²) < 4.78 is 0. The van der Waals surface area contributed by atoms with Crippen molar-refractivity contribution in [2.45, 2.75) is 19.8 Å². The molecule has 1 heterocycles. The van der Waals surface area contributed by atoms with Crippen molar-refractivity contribution in [1.82, 2.24) is 4.98 Å². The number of hydrogen-bond donors (Lipinski definition) is 3. The van der Waals surface area contributed by atoms with E-state index in [9.17, 15) is 14.4 Å². The first-order valence-corrected chi connectivity index (χ1v) is 10.6. The number of aromatic nitrogens is 1. The van der Waals surface area contributed by atoms with Crippen molar-refractivity contribution >= 4 is 34.3 Å². The maximum absolute atomic E-state index is 11.2. The molecule has 0 fully saturated rings. The average Bonchev–Trinajstić information content (AvgIpc) is 2.85. The maximum atomic E-state index is 11.2. The van der Waals surface area contributed by atoms with Gasteiger partial charge in [-0.2, -0.15) is 0 Å². The number of nitrogens with zero attached hydrogens (tertiary/aromatic N) is 1. The Labute approximate surface area is 197 Å². The molecular formula is C27H26N2O5. The molecule has 0 aliphatic heterocycles. The number of pyridine rings is 1. The van der Waals surface area contributed by atoms with E-state index in [2.05, 4.69) is 10.3 Å². The normalized spacial score (nSPS) is 9.56. The number of carboxylic acid groups (broad SMARTS) is 2. The summed E-state index contributed by atoms with van der Waals surface area (Å²) in [6, 6.07) is 25.1. The van der Waals surface area contributed by atoms with Crippen molar-refractivity contribution in [3.05, 3.63) is 108 Å². The lowest BCUT2D eigenvalue weighted by molar-refractivity contribution is -0.136. The van der Waals surface area contributed by atoms with E-state index in [1.165, 1.54) is 0 Å². The molecule has 0 radical (unpaired) electrons. The number of carbonyl (C=O) groups excluding carboxylic acids is 1. The molecule has 7 nitrogen and oxygen atoms in total. The Morgan fingerprint density at radius 2 is 1.47 bits per heavy atom. The Morgan fingerprint density at radius 3 is 2.03 bits per heavy atom. The predicted molar refractivity (Wildman–Crippen MR) is 132 cm³/mol. The van der Waals surface area contributed by atoms with Gasteiger partial charge in [0.15, 0.2) is 0 Å². The van der Waals surface area contributed by atoms with Crippen molar-refractivity contribution in [3.8, 4) is 0 Å². The number of hydrogen-bond acceptors (Lipinski definition) is 4. The molecule has 0 saturated carbocycles. The highest BCUT2D eigenvalue weighted by molar-refractivity contribution is 5.94. The number of fused-ring (bicyclic) bond motifs is 1. The minimum absolute atomic E-state index is 0.0309. The van der Waals surface area contributed by atoms with Crippen LogP contribution in [0.25, 0.3) is 10.8 Å². The van der Waals surface area contributed by atoms with Crippen LogP contribution in [0, 0.1) is 0 Å². The summed E-state index contributed by atoms with van der Waals surface area (Å²) in [6.07, 6.45) is 4.16. The van der Waals surface area contributed by atoms with Crippen molar-refractivity contribution in [2.75, 3.05) is 5.32 Å². The zero-order valence-corrected chi connectivity index (χ0v) is 18.7. The first-order chi connectivity index (χ1) is 16.4. The number of aliphatic carboxylic acids is 1. The monoisotopic (exact) mass is 458 g/mol. The molecule has 34 heavy (non-hydrogen) atoms. The van der Waals surface area contributed by atoms with Gasteiger partial charge in [-0.15, -0.1) is 0 Å². The van der Waals surface area contributed by atoms with E-state index in [-0.39, 0.29) is 12.3 Å². The summed E-state index contributed by atoms with van der Waals surface area (Å²) in [5.41, 5.74) is 2.01. The zero-order chi connectivity index (χ0) is 24.8. The van der Waals surface area contributed by atoms with Gasteiger partial charge in [-0.3, -0.25) is 14.6 Å². The number of anilines is 1. The van der Waals surface area contributed by atoms with Crippen LogP contribution in [0.3, 0.4) is 0 Å². The number of benzene rings is 3. The standard InChI is InChI=1S/C12H12N2O.C8H8O2.C7H6O2/c1-2-12(15)14-11-4-3-10-8-13-6-5-9(10)7-11;9-8(10)6-7-4-2-1-3-5-7;8-7(9)6-4-2-1-3-5-6/h3-8H,2H2,1H3,(H,14,15);1-5H,6H2,(H,9,10);1-5H,(H,8,9). The van der Waals surface area contributed by atoms with Crippen molar-refractivity contribution in [1.29, 1.82) is 0 Å². The van der Waals surface area contributed by atoms with Crippen molar-refractivity contribution in [3.63, 3.8) is 0 Å². The van der Waals surface area contributed by atoms with E-state index in [0.717, 1.165) is 22.0 Å². The van der Waals surface area contributed by atoms with E-state index in [1.54, 1.807) is 54.9 Å². The summed E-state index contributed by atoms with van der Waals surface area (Å²) in [5, 5.41) is 21.7. The van der Waals surface area contributed by atoms with Gasteiger partial charge in [0.25, 0.3) is 0 Å². The highest BCUT2D eigenvalue weighted by atomic mass is 16.4. The van der Waals surface area contributed by atoms with E-state index < -0.39 is 11.9 Å². The summed E-state index contributed by atoms with van der Waals surface area (Å²) in [5.74, 6) is -1.63. The molecule has 0 aliphatic rings. The minimum atomic E-state index is -0.879. The molecule has 174 valence electrons. The van der Waals surface area contributed by atoms with Crippen LogP contribution in [-0.2, 0) is 16.0 Å². The summed E-state index contributed by atoms with van der Waals surface area (Å²) in [6.45, 7) is 1.83. The van der Waals surface area contributed by atoms with Crippen molar-refractivity contribution < 1.29 is 24.6 Å². The lowest BCUT2D eigenvalue weighted by Crippen LogP contribution is -2.09. The third-order valence-electron chi connectivity index (χ3n) is 4.46. The highest BCUT2D eigenvalue weighted by Gasteiger charge is 2.00. The summed E-state index contributed by atoms with van der Waals surface area (Å²) in [7, 11) is 0. The third kappa shape index (κ3) is 9.32. The van der Waals surface area contributed by atoms with Crippen LogP contribution in [0.1, 0.15) is 29.3 Å². The van der Waals surface area contributed by atoms with Crippen LogP contribution < -0.4 is 5.32 Å². The van der Waals surface area contributed by atoms with Crippen LogP contribution in [0.5, 0.6) is 0 Å². The topological polar surface area (TPSA) is 117 Å². The first kappa shape index (κ1) is 25.7. The van der Waals surface area contributed by atoms with Crippen molar-refractivity contribution in [2.24, 2.45) is 0 Å². The molecule has 0 atom stereocenters. The van der Waals surface area contributed by atoms with Gasteiger partial charge in [-0.1, -0.05) is 61.5 Å². The quantitative estimate of drug-likeness (QED) is 0.375. The molecule has 7 heteroatoms.